The van der Waals surface area contributed by atoms with Crippen LogP contribution in [-0.2, 0) is 4.79 Å². The lowest BCUT2D eigenvalue weighted by atomic mass is 9.85. The third-order valence-electron chi connectivity index (χ3n) is 3.94. The largest absolute Gasteiger partial charge is 0.328 e. The molecule has 22 heavy (non-hydrogen) atoms. The van der Waals surface area contributed by atoms with Crippen LogP contribution in [0.3, 0.4) is 0 Å². The highest BCUT2D eigenvalue weighted by Gasteiger charge is 2.25. The summed E-state index contributed by atoms with van der Waals surface area (Å²) in [5.74, 6) is 0.0995. The minimum absolute atomic E-state index is 0. The molecule has 1 aromatic carbocycles. The Morgan fingerprint density at radius 3 is 2.77 bits per heavy atom. The van der Waals surface area contributed by atoms with E-state index in [2.05, 4.69) is 10.3 Å². The molecule has 1 fully saturated rings. The number of amides is 1. The maximum absolute atomic E-state index is 12.3. The van der Waals surface area contributed by atoms with Gasteiger partial charge in [0.1, 0.15) is 0 Å². The predicted octanol–water partition coefficient (Wildman–Crippen LogP) is 3.53. The molecule has 1 aliphatic carbocycles. The smallest absolute Gasteiger partial charge is 0.227 e. The van der Waals surface area contributed by atoms with Gasteiger partial charge in [-0.15, -0.1) is 24.8 Å². The van der Waals surface area contributed by atoms with Crippen LogP contribution in [0.5, 0.6) is 0 Å². The molecule has 0 saturated heterocycles. The third kappa shape index (κ3) is 4.32. The quantitative estimate of drug-likeness (QED) is 0.877. The van der Waals surface area contributed by atoms with Gasteiger partial charge in [-0.25, -0.2) is 0 Å². The van der Waals surface area contributed by atoms with Crippen LogP contribution in [0, 0.1) is 5.92 Å². The van der Waals surface area contributed by atoms with Crippen LogP contribution >= 0.6 is 24.8 Å². The summed E-state index contributed by atoms with van der Waals surface area (Å²) >= 11 is 0. The van der Waals surface area contributed by atoms with E-state index in [0.717, 1.165) is 42.3 Å². The number of nitrogens with zero attached hydrogens (tertiary/aromatic N) is 1. The molecule has 120 valence electrons. The van der Waals surface area contributed by atoms with Gasteiger partial charge < -0.3 is 11.1 Å². The van der Waals surface area contributed by atoms with Crippen LogP contribution in [0.1, 0.15) is 25.7 Å². The Morgan fingerprint density at radius 2 is 2.00 bits per heavy atom. The Bertz CT molecular complexity index is 636. The monoisotopic (exact) mass is 341 g/mol. The molecule has 3 rings (SSSR count). The van der Waals surface area contributed by atoms with Crippen molar-refractivity contribution in [3.63, 3.8) is 0 Å². The molecule has 2 aromatic rings. The first-order valence-electron chi connectivity index (χ1n) is 7.13. The van der Waals surface area contributed by atoms with Gasteiger partial charge in [-0.2, -0.15) is 0 Å². The molecule has 1 aliphatic rings. The summed E-state index contributed by atoms with van der Waals surface area (Å²) in [5, 5.41) is 4.00. The molecule has 1 heterocycles. The number of nitrogens with one attached hydrogen (secondary N) is 1. The average molecular weight is 342 g/mol. The first-order valence-corrected chi connectivity index (χ1v) is 7.13. The van der Waals surface area contributed by atoms with E-state index in [1.165, 1.54) is 0 Å². The van der Waals surface area contributed by atoms with Crippen molar-refractivity contribution < 1.29 is 4.79 Å². The fourth-order valence-corrected chi connectivity index (χ4v) is 2.85. The standard InChI is InChI=1S/C16H19N3O.2ClH/c17-13-6-3-5-12(8-13)16(20)19-14-9-11-4-1-2-7-15(11)18-10-14;;/h1-2,4,7,9-10,12-13H,3,5-6,8,17H2,(H,19,20);2*1H. The number of carbonyl (C=O) groups excluding carboxylic acids is 1. The second kappa shape index (κ2) is 8.32. The summed E-state index contributed by atoms with van der Waals surface area (Å²) in [7, 11) is 0. The van der Waals surface area contributed by atoms with E-state index in [9.17, 15) is 4.79 Å². The number of aromatic nitrogens is 1. The zero-order valence-electron chi connectivity index (χ0n) is 12.2. The topological polar surface area (TPSA) is 68.0 Å². The van der Waals surface area contributed by atoms with Crippen LogP contribution in [0.15, 0.2) is 36.5 Å². The maximum Gasteiger partial charge on any atom is 0.227 e. The number of hydrogen-bond acceptors (Lipinski definition) is 3. The molecule has 2 atom stereocenters. The van der Waals surface area contributed by atoms with Crippen molar-refractivity contribution in [1.29, 1.82) is 0 Å². The van der Waals surface area contributed by atoms with Crippen LogP contribution in [0.2, 0.25) is 0 Å². The molecule has 1 aromatic heterocycles. The van der Waals surface area contributed by atoms with Crippen molar-refractivity contribution in [1.82, 2.24) is 4.98 Å². The van der Waals surface area contributed by atoms with Crippen molar-refractivity contribution in [2.24, 2.45) is 11.7 Å². The summed E-state index contributed by atoms with van der Waals surface area (Å²) in [6, 6.07) is 10.00. The number of halogens is 2. The second-order valence-corrected chi connectivity index (χ2v) is 5.53. The third-order valence-corrected chi connectivity index (χ3v) is 3.94. The van der Waals surface area contributed by atoms with Gasteiger partial charge in [0.05, 0.1) is 17.4 Å². The molecule has 0 bridgehead atoms. The molecule has 6 heteroatoms. The van der Waals surface area contributed by atoms with Gasteiger partial charge in [-0.3, -0.25) is 9.78 Å². The summed E-state index contributed by atoms with van der Waals surface area (Å²) < 4.78 is 0. The van der Waals surface area contributed by atoms with Crippen LogP contribution in [0.4, 0.5) is 5.69 Å². The molecule has 0 spiro atoms. The van der Waals surface area contributed by atoms with Crippen molar-refractivity contribution in [2.75, 3.05) is 5.32 Å². The van der Waals surface area contributed by atoms with Gasteiger partial charge in [0.25, 0.3) is 0 Å². The van der Waals surface area contributed by atoms with Gasteiger partial charge in [0.15, 0.2) is 0 Å². The summed E-state index contributed by atoms with van der Waals surface area (Å²) in [6.45, 7) is 0. The number of hydrogen-bond donors (Lipinski definition) is 2. The van der Waals surface area contributed by atoms with Gasteiger partial charge in [0, 0.05) is 17.3 Å². The highest BCUT2D eigenvalue weighted by atomic mass is 35.5. The fourth-order valence-electron chi connectivity index (χ4n) is 2.85. The molecule has 1 amide bonds. The molecule has 1 saturated carbocycles. The van der Waals surface area contributed by atoms with Crippen molar-refractivity contribution >= 4 is 47.3 Å². The maximum atomic E-state index is 12.3. The first kappa shape index (κ1) is 18.7. The van der Waals surface area contributed by atoms with Crippen molar-refractivity contribution in [3.05, 3.63) is 36.5 Å². The van der Waals surface area contributed by atoms with E-state index < -0.39 is 0 Å². The SMILES string of the molecule is Cl.Cl.NC1CCCC(C(=O)Nc2cnc3ccccc3c2)C1. The van der Waals surface area contributed by atoms with E-state index in [-0.39, 0.29) is 42.7 Å². The highest BCUT2D eigenvalue weighted by Crippen LogP contribution is 2.25. The Labute approximate surface area is 142 Å². The molecule has 0 aliphatic heterocycles. The van der Waals surface area contributed by atoms with Crippen molar-refractivity contribution in [3.8, 4) is 0 Å². The molecule has 3 N–H and O–H groups in total. The number of nitrogens with two attached hydrogens (primary N) is 1. The zero-order chi connectivity index (χ0) is 13.9. The summed E-state index contributed by atoms with van der Waals surface area (Å²) in [5.41, 5.74) is 7.63. The molecule has 2 unspecified atom stereocenters. The van der Waals surface area contributed by atoms with Gasteiger partial charge in [-0.1, -0.05) is 24.6 Å². The van der Waals surface area contributed by atoms with Crippen molar-refractivity contribution in [2.45, 2.75) is 31.7 Å². The fraction of sp³-hybridized carbons (Fsp3) is 0.375. The normalized spacial score (nSPS) is 20.6. The Morgan fingerprint density at radius 1 is 1.23 bits per heavy atom. The average Bonchev–Trinajstić information content (AvgIpc) is 2.47. The zero-order valence-corrected chi connectivity index (χ0v) is 13.8. The van der Waals surface area contributed by atoms with E-state index in [1.807, 2.05) is 30.3 Å². The minimum Gasteiger partial charge on any atom is -0.328 e. The number of fused-ring (bicyclic) bond motifs is 1. The summed E-state index contributed by atoms with van der Waals surface area (Å²) in [6.07, 6.45) is 5.49. The van der Waals surface area contributed by atoms with E-state index >= 15 is 0 Å². The number of anilines is 1. The van der Waals surface area contributed by atoms with E-state index in [1.54, 1.807) is 6.20 Å². The van der Waals surface area contributed by atoms with E-state index in [4.69, 9.17) is 5.73 Å². The second-order valence-electron chi connectivity index (χ2n) is 5.53. The number of para-hydroxylation sites is 1. The Balaban J connectivity index is 0.00000121. The van der Waals surface area contributed by atoms with E-state index in [0.29, 0.717) is 0 Å². The number of pyridine rings is 1. The predicted molar refractivity (Wildman–Crippen MR) is 94.8 cm³/mol. The van der Waals surface area contributed by atoms with Gasteiger partial charge >= 0.3 is 0 Å². The lowest BCUT2D eigenvalue weighted by Gasteiger charge is -2.25. The number of rotatable bonds is 2. The lowest BCUT2D eigenvalue weighted by molar-refractivity contribution is -0.120. The Kier molecular flexibility index (Phi) is 7.07. The lowest BCUT2D eigenvalue weighted by Crippen LogP contribution is -2.34. The minimum atomic E-state index is 0. The molecular weight excluding hydrogens is 321 g/mol. The van der Waals surface area contributed by atoms with Gasteiger partial charge in [-0.05, 0) is 31.4 Å². The van der Waals surface area contributed by atoms with Gasteiger partial charge in [0.2, 0.25) is 5.91 Å². The molecular formula is C16H21Cl2N3O. The first-order chi connectivity index (χ1) is 9.72. The number of carbonyl (C=O) groups is 1. The van der Waals surface area contributed by atoms with Crippen LogP contribution in [-0.4, -0.2) is 16.9 Å². The summed E-state index contributed by atoms with van der Waals surface area (Å²) in [4.78, 5) is 16.6. The highest BCUT2D eigenvalue weighted by molar-refractivity contribution is 5.94. The van der Waals surface area contributed by atoms with Crippen LogP contribution in [0.25, 0.3) is 10.9 Å². The number of benzene rings is 1. The molecule has 4 nitrogen and oxygen atoms in total. The Hall–Kier alpha value is -1.36. The van der Waals surface area contributed by atoms with Crippen LogP contribution < -0.4 is 11.1 Å². The molecule has 0 radical (unpaired) electrons.